The molecule has 0 spiro atoms. The van der Waals surface area contributed by atoms with Gasteiger partial charge in [-0.3, -0.25) is 0 Å². The number of halogens is 3. The van der Waals surface area contributed by atoms with Gasteiger partial charge >= 0.3 is 6.18 Å². The van der Waals surface area contributed by atoms with Crippen LogP contribution < -0.4 is 5.73 Å². The second-order valence-electron chi connectivity index (χ2n) is 4.63. The molecule has 0 saturated carbocycles. The lowest BCUT2D eigenvalue weighted by Gasteiger charge is -2.19. The maximum absolute atomic E-state index is 12.1. The summed E-state index contributed by atoms with van der Waals surface area (Å²) in [5.74, 6) is 1.08. The fourth-order valence-electron chi connectivity index (χ4n) is 2.28. The van der Waals surface area contributed by atoms with Gasteiger partial charge in [0.25, 0.3) is 0 Å². The van der Waals surface area contributed by atoms with Gasteiger partial charge in [0.05, 0.1) is 0 Å². The standard InChI is InChI=1S/C13H16F3NS/c14-13(15,16)7-3-5-11(17)10-8-18-12-6-2-1-4-9(10)12/h1-2,4,6,10-11H,3,5,7-8,17H2. The lowest BCUT2D eigenvalue weighted by atomic mass is 9.91. The molecule has 1 aliphatic rings. The van der Waals surface area contributed by atoms with E-state index in [-0.39, 0.29) is 18.4 Å². The molecule has 2 unspecified atom stereocenters. The highest BCUT2D eigenvalue weighted by Crippen LogP contribution is 2.41. The van der Waals surface area contributed by atoms with E-state index in [1.807, 2.05) is 24.3 Å². The predicted octanol–water partition coefficient (Wildman–Crippen LogP) is 3.94. The third-order valence-electron chi connectivity index (χ3n) is 3.25. The van der Waals surface area contributed by atoms with Crippen molar-refractivity contribution in [3.63, 3.8) is 0 Å². The molecule has 0 amide bonds. The number of nitrogens with two attached hydrogens (primary N) is 1. The zero-order valence-corrected chi connectivity index (χ0v) is 10.7. The Hall–Kier alpha value is -0.680. The van der Waals surface area contributed by atoms with E-state index in [0.29, 0.717) is 6.42 Å². The molecular formula is C13H16F3NS. The van der Waals surface area contributed by atoms with Crippen LogP contribution in [0.15, 0.2) is 29.2 Å². The van der Waals surface area contributed by atoms with Crippen LogP contribution in [0.5, 0.6) is 0 Å². The van der Waals surface area contributed by atoms with Crippen LogP contribution in [0.3, 0.4) is 0 Å². The maximum atomic E-state index is 12.1. The number of thioether (sulfide) groups is 1. The quantitative estimate of drug-likeness (QED) is 0.900. The summed E-state index contributed by atoms with van der Waals surface area (Å²) in [7, 11) is 0. The minimum atomic E-state index is -4.07. The van der Waals surface area contributed by atoms with Crippen LogP contribution in [0.1, 0.15) is 30.7 Å². The SMILES string of the molecule is NC(CCCC(F)(F)F)C1CSc2ccccc21. The largest absolute Gasteiger partial charge is 0.389 e. The molecule has 2 rings (SSSR count). The molecule has 2 atom stereocenters. The molecule has 2 N–H and O–H groups in total. The second kappa shape index (κ2) is 5.53. The minimum absolute atomic E-state index is 0.119. The van der Waals surface area contributed by atoms with Gasteiger partial charge in [0, 0.05) is 29.0 Å². The summed E-state index contributed by atoms with van der Waals surface area (Å²) >= 11 is 1.74. The van der Waals surface area contributed by atoms with Gasteiger partial charge in [-0.25, -0.2) is 0 Å². The normalized spacial score (nSPS) is 20.8. The Labute approximate surface area is 109 Å². The number of hydrogen-bond acceptors (Lipinski definition) is 2. The average Bonchev–Trinajstić information content (AvgIpc) is 2.70. The first-order chi connectivity index (χ1) is 8.47. The van der Waals surface area contributed by atoms with Gasteiger partial charge in [-0.05, 0) is 24.5 Å². The Bertz CT molecular complexity index is 405. The van der Waals surface area contributed by atoms with Crippen molar-refractivity contribution in [3.05, 3.63) is 29.8 Å². The molecule has 0 radical (unpaired) electrons. The van der Waals surface area contributed by atoms with Gasteiger partial charge < -0.3 is 5.73 Å². The maximum Gasteiger partial charge on any atom is 0.389 e. The summed E-state index contributed by atoms with van der Waals surface area (Å²) in [6, 6.07) is 7.83. The van der Waals surface area contributed by atoms with Gasteiger partial charge in [-0.15, -0.1) is 11.8 Å². The molecule has 1 aliphatic heterocycles. The molecular weight excluding hydrogens is 259 g/mol. The minimum Gasteiger partial charge on any atom is -0.327 e. The van der Waals surface area contributed by atoms with E-state index >= 15 is 0 Å². The Balaban J connectivity index is 1.89. The van der Waals surface area contributed by atoms with Gasteiger partial charge in [-0.2, -0.15) is 13.2 Å². The van der Waals surface area contributed by atoms with E-state index in [4.69, 9.17) is 5.73 Å². The fraction of sp³-hybridized carbons (Fsp3) is 0.538. The second-order valence-corrected chi connectivity index (χ2v) is 5.69. The summed E-state index contributed by atoms with van der Waals surface area (Å²) in [6.45, 7) is 0. The molecule has 0 saturated heterocycles. The highest BCUT2D eigenvalue weighted by atomic mass is 32.2. The van der Waals surface area contributed by atoms with Crippen molar-refractivity contribution in [1.29, 1.82) is 0 Å². The van der Waals surface area contributed by atoms with E-state index < -0.39 is 12.6 Å². The van der Waals surface area contributed by atoms with Crippen molar-refractivity contribution < 1.29 is 13.2 Å². The van der Waals surface area contributed by atoms with E-state index in [1.54, 1.807) is 11.8 Å². The van der Waals surface area contributed by atoms with Crippen LogP contribution in [0.4, 0.5) is 13.2 Å². The van der Waals surface area contributed by atoms with Crippen molar-refractivity contribution in [2.24, 2.45) is 5.73 Å². The Kier molecular flexibility index (Phi) is 4.22. The first-order valence-corrected chi connectivity index (χ1v) is 7.00. The Morgan fingerprint density at radius 3 is 2.78 bits per heavy atom. The molecule has 0 fully saturated rings. The van der Waals surface area contributed by atoms with Crippen molar-refractivity contribution in [3.8, 4) is 0 Å². The zero-order chi connectivity index (χ0) is 13.2. The smallest absolute Gasteiger partial charge is 0.327 e. The fourth-order valence-corrected chi connectivity index (χ4v) is 3.63. The summed E-state index contributed by atoms with van der Waals surface area (Å²) in [5, 5.41) is 0. The molecule has 18 heavy (non-hydrogen) atoms. The molecule has 0 bridgehead atoms. The number of hydrogen-bond donors (Lipinski definition) is 1. The van der Waals surface area contributed by atoms with Crippen LogP contribution in [0.2, 0.25) is 0 Å². The van der Waals surface area contributed by atoms with Gasteiger partial charge in [0.15, 0.2) is 0 Å². The molecule has 1 heterocycles. The average molecular weight is 275 g/mol. The van der Waals surface area contributed by atoms with Crippen LogP contribution in [0, 0.1) is 0 Å². The van der Waals surface area contributed by atoms with Crippen molar-refractivity contribution >= 4 is 11.8 Å². The summed E-state index contributed by atoms with van der Waals surface area (Å²) < 4.78 is 36.2. The number of benzene rings is 1. The zero-order valence-electron chi connectivity index (χ0n) is 9.91. The van der Waals surface area contributed by atoms with E-state index in [1.165, 1.54) is 10.5 Å². The molecule has 5 heteroatoms. The van der Waals surface area contributed by atoms with Crippen molar-refractivity contribution in [2.45, 2.75) is 42.3 Å². The molecule has 1 aromatic rings. The number of rotatable bonds is 4. The summed E-state index contributed by atoms with van der Waals surface area (Å²) in [6.07, 6.45) is -4.25. The van der Waals surface area contributed by atoms with E-state index in [0.717, 1.165) is 5.75 Å². The van der Waals surface area contributed by atoms with Crippen LogP contribution in [0.25, 0.3) is 0 Å². The molecule has 100 valence electrons. The number of alkyl halides is 3. The first-order valence-electron chi connectivity index (χ1n) is 6.01. The highest BCUT2D eigenvalue weighted by molar-refractivity contribution is 7.99. The molecule has 1 aromatic carbocycles. The van der Waals surface area contributed by atoms with Crippen LogP contribution >= 0.6 is 11.8 Å². The number of fused-ring (bicyclic) bond motifs is 1. The topological polar surface area (TPSA) is 26.0 Å². The van der Waals surface area contributed by atoms with Crippen molar-refractivity contribution in [1.82, 2.24) is 0 Å². The first kappa shape index (κ1) is 13.7. The molecule has 1 nitrogen and oxygen atoms in total. The summed E-state index contributed by atoms with van der Waals surface area (Å²) in [4.78, 5) is 1.22. The van der Waals surface area contributed by atoms with Gasteiger partial charge in [0.1, 0.15) is 0 Å². The Morgan fingerprint density at radius 1 is 1.33 bits per heavy atom. The third kappa shape index (κ3) is 3.42. The van der Waals surface area contributed by atoms with E-state index in [9.17, 15) is 13.2 Å². The van der Waals surface area contributed by atoms with Crippen LogP contribution in [-0.4, -0.2) is 18.0 Å². The monoisotopic (exact) mass is 275 g/mol. The lowest BCUT2D eigenvalue weighted by Crippen LogP contribution is -2.29. The lowest BCUT2D eigenvalue weighted by molar-refractivity contribution is -0.135. The molecule has 0 aromatic heterocycles. The Morgan fingerprint density at radius 2 is 2.06 bits per heavy atom. The predicted molar refractivity (Wildman–Crippen MR) is 67.8 cm³/mol. The summed E-state index contributed by atoms with van der Waals surface area (Å²) in [5.41, 5.74) is 7.24. The van der Waals surface area contributed by atoms with Gasteiger partial charge in [0.2, 0.25) is 0 Å². The van der Waals surface area contributed by atoms with Gasteiger partial charge in [-0.1, -0.05) is 18.2 Å². The van der Waals surface area contributed by atoms with Crippen LogP contribution in [-0.2, 0) is 0 Å². The molecule has 0 aliphatic carbocycles. The van der Waals surface area contributed by atoms with Crippen molar-refractivity contribution in [2.75, 3.05) is 5.75 Å². The van der Waals surface area contributed by atoms with E-state index in [2.05, 4.69) is 0 Å². The third-order valence-corrected chi connectivity index (χ3v) is 4.46. The highest BCUT2D eigenvalue weighted by Gasteiger charge is 2.30.